The van der Waals surface area contributed by atoms with Crippen LogP contribution in [0.3, 0.4) is 0 Å². The topological polar surface area (TPSA) is 24.8 Å². The van der Waals surface area contributed by atoms with Crippen LogP contribution in [0.4, 0.5) is 5.69 Å². The second-order valence-electron chi connectivity index (χ2n) is 4.90. The minimum absolute atomic E-state index is 0.257. The van der Waals surface area contributed by atoms with Crippen molar-refractivity contribution in [2.24, 2.45) is 11.0 Å². The number of fused-ring (bicyclic) bond motifs is 3. The van der Waals surface area contributed by atoms with E-state index in [-0.39, 0.29) is 6.04 Å². The molecule has 0 unspecified atom stereocenters. The molecule has 0 bridgehead atoms. The molecule has 0 spiro atoms. The maximum atomic E-state index is 5.80. The Morgan fingerprint density at radius 1 is 1.00 bits per heavy atom. The van der Waals surface area contributed by atoms with Crippen molar-refractivity contribution in [2.45, 2.75) is 6.04 Å². The Morgan fingerprint density at radius 3 is 2.68 bits per heavy atom. The first-order valence-corrected chi connectivity index (χ1v) is 6.53. The van der Waals surface area contributed by atoms with Crippen molar-refractivity contribution in [3.63, 3.8) is 0 Å². The minimum Gasteiger partial charge on any atom is -0.492 e. The largest absolute Gasteiger partial charge is 0.492 e. The first-order valence-electron chi connectivity index (χ1n) is 6.53. The van der Waals surface area contributed by atoms with Crippen molar-refractivity contribution >= 4 is 11.9 Å². The first-order chi connectivity index (χ1) is 9.43. The van der Waals surface area contributed by atoms with Crippen LogP contribution in [0.5, 0.6) is 5.75 Å². The molecule has 2 aliphatic heterocycles. The maximum absolute atomic E-state index is 5.80. The van der Waals surface area contributed by atoms with Gasteiger partial charge in [-0.15, -0.1) is 0 Å². The molecular formula is C16H14N2O. The molecule has 0 N–H and O–H groups in total. The lowest BCUT2D eigenvalue weighted by atomic mass is 9.92. The van der Waals surface area contributed by atoms with Gasteiger partial charge in [0.15, 0.2) is 0 Å². The third-order valence-corrected chi connectivity index (χ3v) is 3.74. The molecule has 0 saturated carbocycles. The Kier molecular flexibility index (Phi) is 2.30. The number of ether oxygens (including phenoxy) is 1. The van der Waals surface area contributed by atoms with E-state index in [1.165, 1.54) is 5.56 Å². The van der Waals surface area contributed by atoms with Gasteiger partial charge in [-0.25, -0.2) is 0 Å². The second kappa shape index (κ2) is 4.12. The van der Waals surface area contributed by atoms with Crippen LogP contribution in [0.2, 0.25) is 0 Å². The van der Waals surface area contributed by atoms with Crippen LogP contribution < -0.4 is 9.75 Å². The highest BCUT2D eigenvalue weighted by atomic mass is 16.5. The smallest absolute Gasteiger partial charge is 0.124 e. The van der Waals surface area contributed by atoms with Crippen LogP contribution in [0, 0.1) is 5.92 Å². The van der Waals surface area contributed by atoms with E-state index < -0.39 is 0 Å². The Bertz CT molecular complexity index is 624. The van der Waals surface area contributed by atoms with E-state index in [0.717, 1.165) is 11.4 Å². The van der Waals surface area contributed by atoms with Gasteiger partial charge in [0.25, 0.3) is 0 Å². The summed E-state index contributed by atoms with van der Waals surface area (Å²) >= 11 is 0. The molecule has 2 aromatic rings. The summed E-state index contributed by atoms with van der Waals surface area (Å²) in [7, 11) is 0. The molecule has 94 valence electrons. The summed E-state index contributed by atoms with van der Waals surface area (Å²) in [6.45, 7) is 0.703. The SMILES string of the molecule is C1=NN(c2ccccc2)[C@@H]2c3ccccc3OC[C@@H]12. The monoisotopic (exact) mass is 250 g/mol. The summed E-state index contributed by atoms with van der Waals surface area (Å²) in [5.41, 5.74) is 2.35. The van der Waals surface area contributed by atoms with Gasteiger partial charge >= 0.3 is 0 Å². The van der Waals surface area contributed by atoms with Gasteiger partial charge in [0.1, 0.15) is 5.75 Å². The number of rotatable bonds is 1. The van der Waals surface area contributed by atoms with Crippen molar-refractivity contribution in [3.05, 3.63) is 60.2 Å². The van der Waals surface area contributed by atoms with Crippen molar-refractivity contribution in [1.29, 1.82) is 0 Å². The van der Waals surface area contributed by atoms with Gasteiger partial charge < -0.3 is 4.74 Å². The first kappa shape index (κ1) is 10.6. The molecule has 0 aliphatic carbocycles. The lowest BCUT2D eigenvalue weighted by Gasteiger charge is -2.33. The highest BCUT2D eigenvalue weighted by Crippen LogP contribution is 2.43. The standard InChI is InChI=1S/C16H14N2O/c1-2-6-13(7-3-1)18-16-12(10-17-18)11-19-15-9-5-4-8-14(15)16/h1-10,12,16H,11H2/t12-,16+/m1/s1. The number of hydrazone groups is 1. The van der Waals surface area contributed by atoms with Gasteiger partial charge in [-0.1, -0.05) is 36.4 Å². The molecule has 3 nitrogen and oxygen atoms in total. The number of para-hydroxylation sites is 2. The summed E-state index contributed by atoms with van der Waals surface area (Å²) in [6, 6.07) is 18.8. The number of benzene rings is 2. The molecule has 0 radical (unpaired) electrons. The zero-order chi connectivity index (χ0) is 12.7. The molecule has 0 saturated heterocycles. The van der Waals surface area contributed by atoms with Crippen molar-refractivity contribution in [1.82, 2.24) is 0 Å². The Labute approximate surface area is 112 Å². The van der Waals surface area contributed by atoms with Crippen LogP contribution in [-0.4, -0.2) is 12.8 Å². The third kappa shape index (κ3) is 1.62. The molecule has 2 heterocycles. The fourth-order valence-corrected chi connectivity index (χ4v) is 2.84. The highest BCUT2D eigenvalue weighted by molar-refractivity contribution is 5.72. The van der Waals surface area contributed by atoms with E-state index in [1.807, 2.05) is 36.5 Å². The molecule has 4 rings (SSSR count). The van der Waals surface area contributed by atoms with E-state index in [4.69, 9.17) is 4.74 Å². The van der Waals surface area contributed by atoms with Crippen molar-refractivity contribution in [2.75, 3.05) is 11.6 Å². The van der Waals surface area contributed by atoms with Crippen molar-refractivity contribution < 1.29 is 4.74 Å². The molecule has 0 aromatic heterocycles. The Hall–Kier alpha value is -2.29. The molecule has 2 aromatic carbocycles. The van der Waals surface area contributed by atoms with Gasteiger partial charge in [-0.2, -0.15) is 5.10 Å². The van der Waals surface area contributed by atoms with Gasteiger partial charge in [0, 0.05) is 11.8 Å². The number of hydrogen-bond donors (Lipinski definition) is 0. The summed E-state index contributed by atoms with van der Waals surface area (Å²) in [6.07, 6.45) is 2.01. The predicted octanol–water partition coefficient (Wildman–Crippen LogP) is 3.24. The molecule has 0 amide bonds. The summed E-state index contributed by atoms with van der Waals surface area (Å²) in [4.78, 5) is 0. The van der Waals surface area contributed by atoms with Crippen LogP contribution in [0.1, 0.15) is 11.6 Å². The number of hydrogen-bond acceptors (Lipinski definition) is 3. The molecule has 2 aliphatic rings. The van der Waals surface area contributed by atoms with E-state index in [2.05, 4.69) is 34.4 Å². The molecule has 19 heavy (non-hydrogen) atoms. The van der Waals surface area contributed by atoms with Crippen molar-refractivity contribution in [3.8, 4) is 5.75 Å². The average molecular weight is 250 g/mol. The Morgan fingerprint density at radius 2 is 1.79 bits per heavy atom. The normalized spacial score (nSPS) is 23.7. The molecule has 3 heteroatoms. The Balaban J connectivity index is 1.79. The quantitative estimate of drug-likeness (QED) is 0.776. The summed E-state index contributed by atoms with van der Waals surface area (Å²) in [5, 5.41) is 6.68. The third-order valence-electron chi connectivity index (χ3n) is 3.74. The fourth-order valence-electron chi connectivity index (χ4n) is 2.84. The zero-order valence-corrected chi connectivity index (χ0v) is 10.4. The average Bonchev–Trinajstić information content (AvgIpc) is 2.92. The molecular weight excluding hydrogens is 236 g/mol. The van der Waals surface area contributed by atoms with E-state index in [1.54, 1.807) is 0 Å². The predicted molar refractivity (Wildman–Crippen MR) is 75.6 cm³/mol. The lowest BCUT2D eigenvalue weighted by Crippen LogP contribution is -2.31. The zero-order valence-electron chi connectivity index (χ0n) is 10.4. The van der Waals surface area contributed by atoms with Crippen LogP contribution in [-0.2, 0) is 0 Å². The van der Waals surface area contributed by atoms with Gasteiger partial charge in [-0.05, 0) is 18.2 Å². The molecule has 2 atom stereocenters. The second-order valence-corrected chi connectivity index (χ2v) is 4.90. The summed E-state index contributed by atoms with van der Waals surface area (Å²) in [5.74, 6) is 1.31. The van der Waals surface area contributed by atoms with Gasteiger partial charge in [0.05, 0.1) is 24.3 Å². The fraction of sp³-hybridized carbons (Fsp3) is 0.188. The van der Waals surface area contributed by atoms with E-state index >= 15 is 0 Å². The maximum Gasteiger partial charge on any atom is 0.124 e. The summed E-state index contributed by atoms with van der Waals surface area (Å²) < 4.78 is 5.80. The molecule has 0 fully saturated rings. The van der Waals surface area contributed by atoms with Gasteiger partial charge in [0.2, 0.25) is 0 Å². The van der Waals surface area contributed by atoms with Crippen LogP contribution >= 0.6 is 0 Å². The highest BCUT2D eigenvalue weighted by Gasteiger charge is 2.38. The number of anilines is 1. The van der Waals surface area contributed by atoms with Gasteiger partial charge in [-0.3, -0.25) is 5.01 Å². The van der Waals surface area contributed by atoms with Crippen LogP contribution in [0.15, 0.2) is 59.7 Å². The minimum atomic E-state index is 0.257. The van der Waals surface area contributed by atoms with E-state index in [0.29, 0.717) is 12.5 Å². The van der Waals surface area contributed by atoms with Crippen LogP contribution in [0.25, 0.3) is 0 Å². The van der Waals surface area contributed by atoms with E-state index in [9.17, 15) is 0 Å². The lowest BCUT2D eigenvalue weighted by molar-refractivity contribution is 0.241. The number of nitrogens with zero attached hydrogens (tertiary/aromatic N) is 2.